The van der Waals surface area contributed by atoms with Gasteiger partial charge in [-0.2, -0.15) is 0 Å². The summed E-state index contributed by atoms with van der Waals surface area (Å²) in [5.41, 5.74) is 2.14. The van der Waals surface area contributed by atoms with Crippen molar-refractivity contribution in [3.63, 3.8) is 0 Å². The van der Waals surface area contributed by atoms with E-state index in [2.05, 4.69) is 10.6 Å². The van der Waals surface area contributed by atoms with E-state index < -0.39 is 12.1 Å². The van der Waals surface area contributed by atoms with E-state index in [9.17, 15) is 14.4 Å². The van der Waals surface area contributed by atoms with Crippen LogP contribution in [0.1, 0.15) is 54.4 Å². The van der Waals surface area contributed by atoms with Crippen LogP contribution in [0.2, 0.25) is 0 Å². The molecule has 10 heteroatoms. The molecule has 4 N–H and O–H groups in total. The molecule has 2 aromatic carbocycles. The number of nitrogens with zero attached hydrogens (tertiary/aromatic N) is 1. The largest absolute Gasteiger partial charge is 1.00 e. The summed E-state index contributed by atoms with van der Waals surface area (Å²) in [6.45, 7) is 2.64. The maximum Gasteiger partial charge on any atom is 1.00 e. The second-order valence-corrected chi connectivity index (χ2v) is 9.75. The molecule has 0 spiro atoms. The Morgan fingerprint density at radius 3 is 2.16 bits per heavy atom. The Balaban J connectivity index is 0.00000253. The summed E-state index contributed by atoms with van der Waals surface area (Å²) in [5.74, 6) is -0.881. The number of rotatable bonds is 8. The van der Waals surface area contributed by atoms with Gasteiger partial charge in [-0.1, -0.05) is 30.3 Å². The summed E-state index contributed by atoms with van der Waals surface area (Å²) in [6, 6.07) is 16.6. The molecule has 0 unspecified atom stereocenters. The summed E-state index contributed by atoms with van der Waals surface area (Å²) in [4.78, 5) is 38.7. The number of carboxylic acid groups (broad SMARTS) is 1. The van der Waals surface area contributed by atoms with E-state index in [-0.39, 0.29) is 48.8 Å². The zero-order valence-electron chi connectivity index (χ0n) is 22.0. The minimum Gasteiger partial charge on any atom is -0.870 e. The van der Waals surface area contributed by atoms with Gasteiger partial charge in [0, 0.05) is 23.8 Å². The van der Waals surface area contributed by atoms with Crippen LogP contribution in [0.5, 0.6) is 0 Å². The molecule has 1 aliphatic heterocycles. The van der Waals surface area contributed by atoms with Gasteiger partial charge in [0.2, 0.25) is 0 Å². The number of ether oxygens (including phenoxy) is 1. The average molecular weight is 518 g/mol. The van der Waals surface area contributed by atoms with E-state index in [0.29, 0.717) is 49.4 Å². The Morgan fingerprint density at radius 2 is 1.55 bits per heavy atom. The normalized spacial score (nSPS) is 19.3. The van der Waals surface area contributed by atoms with Gasteiger partial charge in [0.15, 0.2) is 0 Å². The van der Waals surface area contributed by atoms with Crippen LogP contribution in [-0.2, 0) is 16.1 Å². The van der Waals surface area contributed by atoms with Crippen LogP contribution in [0.4, 0.5) is 10.5 Å². The molecule has 0 bridgehead atoms. The molecule has 1 saturated heterocycles. The number of amides is 2. The molecule has 1 saturated carbocycles. The summed E-state index contributed by atoms with van der Waals surface area (Å²) < 4.78 is 5.64. The molecule has 0 aromatic heterocycles. The van der Waals surface area contributed by atoms with Crippen molar-refractivity contribution in [1.82, 2.24) is 10.6 Å². The molecule has 2 amide bonds. The first-order chi connectivity index (χ1) is 17.5. The molecule has 2 aromatic rings. The van der Waals surface area contributed by atoms with Crippen molar-refractivity contribution in [3.05, 3.63) is 65.7 Å². The van der Waals surface area contributed by atoms with Crippen LogP contribution in [0.3, 0.4) is 0 Å². The average Bonchev–Trinajstić information content (AvgIpc) is 2.92. The standard InChI is InChI=1S/C28H35N3O5.Li.H2O/c32-26(30-24-10-6-23(7-11-24)27(33)34)22-8-12-25(13-9-22)31(18-20-14-16-29-17-15-20)28(35)36-19-21-4-2-1-3-5-21;;/h1-5,8-9,12-13,20,23-24,29H,6-7,10-11,14-19H2,(H,30,32)(H,33,34);;1H2/q;+1;/p-1. The fourth-order valence-corrected chi connectivity index (χ4v) is 4.95. The van der Waals surface area contributed by atoms with Crippen LogP contribution in [0.25, 0.3) is 0 Å². The quantitative estimate of drug-likeness (QED) is 0.445. The van der Waals surface area contributed by atoms with Gasteiger partial charge in [-0.3, -0.25) is 14.5 Å². The molecule has 0 radical (unpaired) electrons. The molecular weight excluding hydrogens is 481 g/mol. The smallest absolute Gasteiger partial charge is 0.870 e. The topological polar surface area (TPSA) is 138 Å². The van der Waals surface area contributed by atoms with Crippen molar-refractivity contribution in [1.29, 1.82) is 0 Å². The Morgan fingerprint density at radius 1 is 0.921 bits per heavy atom. The molecule has 0 atom stereocenters. The number of benzene rings is 2. The van der Waals surface area contributed by atoms with Gasteiger partial charge in [0.25, 0.3) is 5.91 Å². The zero-order valence-corrected chi connectivity index (χ0v) is 22.0. The summed E-state index contributed by atoms with van der Waals surface area (Å²) in [5, 5.41) is 15.5. The van der Waals surface area contributed by atoms with E-state index in [1.807, 2.05) is 30.3 Å². The van der Waals surface area contributed by atoms with Gasteiger partial charge < -0.3 is 26.0 Å². The van der Waals surface area contributed by atoms with Crippen LogP contribution in [-0.4, -0.2) is 54.2 Å². The first-order valence-electron chi connectivity index (χ1n) is 12.8. The van der Waals surface area contributed by atoms with Crippen molar-refractivity contribution in [2.24, 2.45) is 11.8 Å². The minimum atomic E-state index is -0.758. The van der Waals surface area contributed by atoms with E-state index >= 15 is 0 Å². The third kappa shape index (κ3) is 8.88. The third-order valence-corrected chi connectivity index (χ3v) is 7.18. The second kappa shape index (κ2) is 15.5. The summed E-state index contributed by atoms with van der Waals surface area (Å²) in [7, 11) is 0. The van der Waals surface area contributed by atoms with E-state index in [1.165, 1.54) is 0 Å². The summed E-state index contributed by atoms with van der Waals surface area (Å²) >= 11 is 0. The molecular formula is C28H36LiN3O6. The first kappa shape index (κ1) is 31.4. The number of piperidine rings is 1. The Labute approximate surface area is 235 Å². The predicted molar refractivity (Wildman–Crippen MR) is 139 cm³/mol. The number of aliphatic carboxylic acids is 1. The number of hydrogen-bond acceptors (Lipinski definition) is 6. The van der Waals surface area contributed by atoms with Gasteiger partial charge >= 0.3 is 30.9 Å². The second-order valence-electron chi connectivity index (χ2n) is 9.75. The Kier molecular flexibility index (Phi) is 12.8. The number of carboxylic acids is 1. The minimum absolute atomic E-state index is 0. The van der Waals surface area contributed by atoms with E-state index in [0.717, 1.165) is 31.5 Å². The fraction of sp³-hybridized carbons (Fsp3) is 0.464. The van der Waals surface area contributed by atoms with Crippen LogP contribution in [0, 0.1) is 11.8 Å². The molecule has 1 heterocycles. The van der Waals surface area contributed by atoms with Gasteiger partial charge in [-0.15, -0.1) is 0 Å². The third-order valence-electron chi connectivity index (χ3n) is 7.18. The Hall–Kier alpha value is -2.83. The van der Waals surface area contributed by atoms with Crippen LogP contribution in [0.15, 0.2) is 54.6 Å². The van der Waals surface area contributed by atoms with Gasteiger partial charge in [-0.25, -0.2) is 4.79 Å². The first-order valence-corrected chi connectivity index (χ1v) is 12.8. The van der Waals surface area contributed by atoms with Gasteiger partial charge in [0.05, 0.1) is 5.92 Å². The fourth-order valence-electron chi connectivity index (χ4n) is 4.95. The number of carbonyl (C=O) groups is 3. The monoisotopic (exact) mass is 517 g/mol. The molecule has 2 aliphatic rings. The van der Waals surface area contributed by atoms with Gasteiger partial charge in [0.1, 0.15) is 6.61 Å². The number of anilines is 1. The van der Waals surface area contributed by atoms with E-state index in [1.54, 1.807) is 29.2 Å². The molecule has 4 rings (SSSR count). The molecule has 1 aliphatic carbocycles. The SMILES string of the molecule is O=C(NC1CCC(C(=O)O)CC1)c1ccc(N(CC2CCNCC2)C(=O)OCc2ccccc2)cc1.[Li+].[OH-]. The maximum absolute atomic E-state index is 13.1. The van der Waals surface area contributed by atoms with Crippen molar-refractivity contribution in [2.75, 3.05) is 24.5 Å². The molecule has 200 valence electrons. The Bertz CT molecular complexity index is 1020. The molecule has 2 fully saturated rings. The molecule has 38 heavy (non-hydrogen) atoms. The number of nitrogens with one attached hydrogen (secondary N) is 2. The number of carbonyl (C=O) groups excluding carboxylic acids is 2. The van der Waals surface area contributed by atoms with Crippen molar-refractivity contribution >= 4 is 23.7 Å². The predicted octanol–water partition coefficient (Wildman–Crippen LogP) is 1.03. The van der Waals surface area contributed by atoms with E-state index in [4.69, 9.17) is 9.84 Å². The van der Waals surface area contributed by atoms with Gasteiger partial charge in [-0.05, 0) is 87.4 Å². The molecule has 9 nitrogen and oxygen atoms in total. The van der Waals surface area contributed by atoms with Crippen LogP contribution >= 0.6 is 0 Å². The summed E-state index contributed by atoms with van der Waals surface area (Å²) in [6.07, 6.45) is 4.08. The van der Waals surface area contributed by atoms with Crippen molar-refractivity contribution in [3.8, 4) is 0 Å². The number of hydrogen-bond donors (Lipinski definition) is 3. The van der Waals surface area contributed by atoms with Crippen molar-refractivity contribution < 1.29 is 48.6 Å². The zero-order chi connectivity index (χ0) is 25.3. The van der Waals surface area contributed by atoms with Crippen molar-refractivity contribution in [2.45, 2.75) is 51.2 Å². The maximum atomic E-state index is 13.1. The van der Waals surface area contributed by atoms with Crippen LogP contribution < -0.4 is 34.4 Å².